The van der Waals surface area contributed by atoms with Crippen molar-refractivity contribution in [1.29, 1.82) is 0 Å². The van der Waals surface area contributed by atoms with Gasteiger partial charge in [0.2, 0.25) is 0 Å². The lowest BCUT2D eigenvalue weighted by Gasteiger charge is -2.17. The SMILES string of the molecule is CCNC(=NCc1ccc(Cl)cc1OC)NC(C)CCS(C)(=O)=O.I. The van der Waals surface area contributed by atoms with Gasteiger partial charge in [0, 0.05) is 29.4 Å². The second-order valence-corrected chi connectivity index (χ2v) is 8.31. The minimum absolute atomic E-state index is 0. The summed E-state index contributed by atoms with van der Waals surface area (Å²) in [5, 5.41) is 6.98. The lowest BCUT2D eigenvalue weighted by Crippen LogP contribution is -2.42. The van der Waals surface area contributed by atoms with E-state index in [0.29, 0.717) is 36.2 Å². The van der Waals surface area contributed by atoms with Crippen LogP contribution in [0.25, 0.3) is 0 Å². The van der Waals surface area contributed by atoms with Crippen LogP contribution in [0.5, 0.6) is 5.75 Å². The molecular weight excluding hydrogens is 477 g/mol. The van der Waals surface area contributed by atoms with Gasteiger partial charge in [0.1, 0.15) is 15.6 Å². The van der Waals surface area contributed by atoms with E-state index < -0.39 is 9.84 Å². The zero-order valence-electron chi connectivity index (χ0n) is 15.0. The molecule has 144 valence electrons. The van der Waals surface area contributed by atoms with Gasteiger partial charge >= 0.3 is 0 Å². The number of sulfone groups is 1. The van der Waals surface area contributed by atoms with E-state index in [9.17, 15) is 8.42 Å². The van der Waals surface area contributed by atoms with E-state index in [1.54, 1.807) is 19.2 Å². The Kier molecular flexibility index (Phi) is 11.4. The molecule has 9 heteroatoms. The van der Waals surface area contributed by atoms with Crippen LogP contribution in [-0.4, -0.2) is 46.1 Å². The molecule has 0 saturated heterocycles. The first-order valence-electron chi connectivity index (χ1n) is 7.80. The Balaban J connectivity index is 0.00000576. The van der Waals surface area contributed by atoms with Crippen molar-refractivity contribution in [3.63, 3.8) is 0 Å². The number of nitrogens with one attached hydrogen (secondary N) is 2. The van der Waals surface area contributed by atoms with E-state index in [1.165, 1.54) is 6.26 Å². The molecule has 1 atom stereocenters. The Morgan fingerprint density at radius 1 is 1.40 bits per heavy atom. The van der Waals surface area contributed by atoms with Crippen LogP contribution in [0.1, 0.15) is 25.8 Å². The largest absolute Gasteiger partial charge is 0.496 e. The molecule has 6 nitrogen and oxygen atoms in total. The molecule has 0 aliphatic heterocycles. The van der Waals surface area contributed by atoms with E-state index in [0.717, 1.165) is 5.56 Å². The monoisotopic (exact) mass is 503 g/mol. The van der Waals surface area contributed by atoms with E-state index >= 15 is 0 Å². The summed E-state index contributed by atoms with van der Waals surface area (Å²) < 4.78 is 27.8. The van der Waals surface area contributed by atoms with Crippen molar-refractivity contribution in [2.24, 2.45) is 4.99 Å². The van der Waals surface area contributed by atoms with Crippen LogP contribution >= 0.6 is 35.6 Å². The number of methoxy groups -OCH3 is 1. The molecule has 0 bridgehead atoms. The highest BCUT2D eigenvalue weighted by Gasteiger charge is 2.10. The van der Waals surface area contributed by atoms with Gasteiger partial charge in [-0.25, -0.2) is 13.4 Å². The standard InChI is InChI=1S/C16H26ClN3O3S.HI/c1-5-18-16(20-12(2)8-9-24(4,21)22)19-11-13-6-7-14(17)10-15(13)23-3;/h6-7,10,12H,5,8-9,11H2,1-4H3,(H2,18,19,20);1H. The van der Waals surface area contributed by atoms with Crippen LogP contribution in [0.2, 0.25) is 5.02 Å². The molecule has 0 aliphatic rings. The third-order valence-corrected chi connectivity index (χ3v) is 4.52. The summed E-state index contributed by atoms with van der Waals surface area (Å²) in [6.07, 6.45) is 1.76. The maximum Gasteiger partial charge on any atom is 0.191 e. The third-order valence-electron chi connectivity index (χ3n) is 3.31. The molecule has 1 aromatic rings. The number of ether oxygens (including phenoxy) is 1. The molecule has 2 N–H and O–H groups in total. The highest BCUT2D eigenvalue weighted by Crippen LogP contribution is 2.23. The van der Waals surface area contributed by atoms with Crippen LogP contribution in [-0.2, 0) is 16.4 Å². The summed E-state index contributed by atoms with van der Waals surface area (Å²) in [4.78, 5) is 4.53. The zero-order valence-corrected chi connectivity index (χ0v) is 18.9. The molecule has 0 aromatic heterocycles. The van der Waals surface area contributed by atoms with Gasteiger partial charge in [0.25, 0.3) is 0 Å². The summed E-state index contributed by atoms with van der Waals surface area (Å²) in [6, 6.07) is 5.41. The highest BCUT2D eigenvalue weighted by molar-refractivity contribution is 14.0. The molecule has 0 aliphatic carbocycles. The van der Waals surface area contributed by atoms with Gasteiger partial charge in [0.15, 0.2) is 5.96 Å². The molecule has 1 rings (SSSR count). The highest BCUT2D eigenvalue weighted by atomic mass is 127. The predicted molar refractivity (Wildman–Crippen MR) is 115 cm³/mol. The number of hydrogen-bond acceptors (Lipinski definition) is 4. The smallest absolute Gasteiger partial charge is 0.191 e. The van der Waals surface area contributed by atoms with Crippen molar-refractivity contribution in [2.75, 3.05) is 25.7 Å². The molecule has 0 spiro atoms. The summed E-state index contributed by atoms with van der Waals surface area (Å²) in [5.74, 6) is 1.47. The first-order chi connectivity index (χ1) is 11.2. The fraction of sp³-hybridized carbons (Fsp3) is 0.562. The minimum atomic E-state index is -2.96. The van der Waals surface area contributed by atoms with Gasteiger partial charge in [-0.1, -0.05) is 17.7 Å². The van der Waals surface area contributed by atoms with E-state index in [2.05, 4.69) is 15.6 Å². The summed E-state index contributed by atoms with van der Waals surface area (Å²) in [5.41, 5.74) is 0.919. The van der Waals surface area contributed by atoms with Crippen molar-refractivity contribution >= 4 is 51.4 Å². The lowest BCUT2D eigenvalue weighted by atomic mass is 10.2. The number of guanidine groups is 1. The van der Waals surface area contributed by atoms with Crippen molar-refractivity contribution in [3.8, 4) is 5.75 Å². The lowest BCUT2D eigenvalue weighted by molar-refractivity contribution is 0.410. The first-order valence-corrected chi connectivity index (χ1v) is 10.2. The molecule has 0 radical (unpaired) electrons. The van der Waals surface area contributed by atoms with Crippen LogP contribution in [0, 0.1) is 0 Å². The predicted octanol–water partition coefficient (Wildman–Crippen LogP) is 2.84. The maximum absolute atomic E-state index is 11.3. The number of hydrogen-bond donors (Lipinski definition) is 2. The molecule has 0 fully saturated rings. The summed E-state index contributed by atoms with van der Waals surface area (Å²) in [7, 11) is -1.37. The number of aliphatic imine (C=N–C) groups is 1. The Hall–Kier alpha value is -0.740. The molecule has 0 heterocycles. The Labute approximate surface area is 172 Å². The molecule has 1 aromatic carbocycles. The first kappa shape index (κ1) is 24.3. The Morgan fingerprint density at radius 2 is 2.08 bits per heavy atom. The van der Waals surface area contributed by atoms with E-state index in [-0.39, 0.29) is 35.8 Å². The number of benzene rings is 1. The molecule has 25 heavy (non-hydrogen) atoms. The van der Waals surface area contributed by atoms with Gasteiger partial charge < -0.3 is 15.4 Å². The molecule has 0 amide bonds. The van der Waals surface area contributed by atoms with Gasteiger partial charge in [-0.2, -0.15) is 0 Å². The second-order valence-electron chi connectivity index (χ2n) is 5.62. The summed E-state index contributed by atoms with van der Waals surface area (Å²) >= 11 is 5.96. The minimum Gasteiger partial charge on any atom is -0.496 e. The number of halogens is 2. The third kappa shape index (κ3) is 10.1. The van der Waals surface area contributed by atoms with Gasteiger partial charge in [-0.15, -0.1) is 24.0 Å². The topological polar surface area (TPSA) is 79.8 Å². The average Bonchev–Trinajstić information content (AvgIpc) is 2.51. The van der Waals surface area contributed by atoms with Crippen molar-refractivity contribution in [3.05, 3.63) is 28.8 Å². The van der Waals surface area contributed by atoms with Gasteiger partial charge in [-0.3, -0.25) is 0 Å². The second kappa shape index (κ2) is 11.8. The van der Waals surface area contributed by atoms with Crippen LogP contribution in [0.3, 0.4) is 0 Å². The Morgan fingerprint density at radius 3 is 2.64 bits per heavy atom. The normalized spacial score (nSPS) is 12.9. The average molecular weight is 504 g/mol. The van der Waals surface area contributed by atoms with Crippen LogP contribution < -0.4 is 15.4 Å². The quantitative estimate of drug-likeness (QED) is 0.324. The number of rotatable bonds is 8. The molecule has 1 unspecified atom stereocenters. The zero-order chi connectivity index (χ0) is 18.2. The maximum atomic E-state index is 11.3. The van der Waals surface area contributed by atoms with Crippen molar-refractivity contribution in [2.45, 2.75) is 32.9 Å². The van der Waals surface area contributed by atoms with Crippen molar-refractivity contribution in [1.82, 2.24) is 10.6 Å². The summed E-state index contributed by atoms with van der Waals surface area (Å²) in [6.45, 7) is 5.04. The van der Waals surface area contributed by atoms with E-state index in [1.807, 2.05) is 19.9 Å². The number of nitrogens with zero attached hydrogens (tertiary/aromatic N) is 1. The van der Waals surface area contributed by atoms with Crippen molar-refractivity contribution < 1.29 is 13.2 Å². The fourth-order valence-electron chi connectivity index (χ4n) is 2.03. The van der Waals surface area contributed by atoms with Gasteiger partial charge in [0.05, 0.1) is 19.4 Å². The van der Waals surface area contributed by atoms with Crippen LogP contribution in [0.4, 0.5) is 0 Å². The fourth-order valence-corrected chi connectivity index (χ4v) is 2.97. The van der Waals surface area contributed by atoms with Crippen LogP contribution in [0.15, 0.2) is 23.2 Å². The molecular formula is C16H27ClIN3O3S. The Bertz CT molecular complexity index is 669. The van der Waals surface area contributed by atoms with Gasteiger partial charge in [-0.05, 0) is 32.4 Å². The van der Waals surface area contributed by atoms with E-state index in [4.69, 9.17) is 16.3 Å². The molecule has 0 saturated carbocycles.